The molecular weight excluding hydrogens is 234 g/mol. The molecule has 0 radical (unpaired) electrons. The molecule has 5 nitrogen and oxygen atoms in total. The number of rotatable bonds is 2. The van der Waals surface area contributed by atoms with Gasteiger partial charge in [-0.2, -0.15) is 5.26 Å². The van der Waals surface area contributed by atoms with Gasteiger partial charge < -0.3 is 9.47 Å². The fourth-order valence-corrected chi connectivity index (χ4v) is 2.92. The lowest BCUT2D eigenvalue weighted by atomic mass is 9.66. The minimum Gasteiger partial charge on any atom is -0.446 e. The summed E-state index contributed by atoms with van der Waals surface area (Å²) in [7, 11) is 0. The van der Waals surface area contributed by atoms with Gasteiger partial charge in [-0.05, 0) is 26.3 Å². The smallest absolute Gasteiger partial charge is 0.357 e. The highest BCUT2D eigenvalue weighted by atomic mass is 16.6. The van der Waals surface area contributed by atoms with Gasteiger partial charge in [-0.25, -0.2) is 4.79 Å². The Balaban J connectivity index is 2.39. The van der Waals surface area contributed by atoms with E-state index in [1.807, 2.05) is 13.8 Å². The number of nitriles is 1. The van der Waals surface area contributed by atoms with Crippen LogP contribution in [-0.4, -0.2) is 17.5 Å². The minimum atomic E-state index is -1.29. The molecule has 2 atom stereocenters. The largest absolute Gasteiger partial charge is 0.446 e. The van der Waals surface area contributed by atoms with Crippen LogP contribution >= 0.6 is 0 Å². The van der Waals surface area contributed by atoms with Gasteiger partial charge in [0.05, 0.1) is 5.41 Å². The Hall–Kier alpha value is -1.83. The third-order valence-electron chi connectivity index (χ3n) is 4.75. The van der Waals surface area contributed by atoms with E-state index < -0.39 is 22.4 Å². The zero-order chi connectivity index (χ0) is 13.8. The molecule has 1 saturated carbocycles. The number of carbonyl (C=O) groups excluding carboxylic acids is 2. The molecule has 2 bridgehead atoms. The monoisotopic (exact) mass is 249 g/mol. The number of nitrogens with zero attached hydrogens (tertiary/aromatic N) is 1. The molecule has 0 aromatic heterocycles. The molecule has 1 aliphatic heterocycles. The highest BCUT2D eigenvalue weighted by Gasteiger charge is 2.76. The Kier molecular flexibility index (Phi) is 2.35. The van der Waals surface area contributed by atoms with Crippen molar-refractivity contribution in [2.45, 2.75) is 39.2 Å². The van der Waals surface area contributed by atoms with Crippen molar-refractivity contribution < 1.29 is 19.1 Å². The zero-order valence-corrected chi connectivity index (χ0v) is 10.7. The van der Waals surface area contributed by atoms with Crippen LogP contribution in [0.25, 0.3) is 0 Å². The number of hydrogen-bond donors (Lipinski definition) is 0. The van der Waals surface area contributed by atoms with E-state index in [2.05, 4.69) is 6.58 Å². The Morgan fingerprint density at radius 1 is 1.44 bits per heavy atom. The molecular formula is C13H15NO4. The summed E-state index contributed by atoms with van der Waals surface area (Å²) in [6.45, 7) is 8.75. The van der Waals surface area contributed by atoms with Crippen LogP contribution in [0.3, 0.4) is 0 Å². The summed E-state index contributed by atoms with van der Waals surface area (Å²) in [5.41, 5.74) is -2.64. The summed E-state index contributed by atoms with van der Waals surface area (Å²) in [6, 6.07) is 1.64. The molecule has 0 aromatic carbocycles. The predicted molar refractivity (Wildman–Crippen MR) is 60.8 cm³/mol. The van der Waals surface area contributed by atoms with Gasteiger partial charge in [0, 0.05) is 5.41 Å². The Morgan fingerprint density at radius 3 is 2.44 bits per heavy atom. The lowest BCUT2D eigenvalue weighted by Crippen LogP contribution is -2.48. The van der Waals surface area contributed by atoms with Crippen LogP contribution < -0.4 is 0 Å². The lowest BCUT2D eigenvalue weighted by Gasteiger charge is -2.34. The van der Waals surface area contributed by atoms with E-state index in [1.54, 1.807) is 13.0 Å². The topological polar surface area (TPSA) is 76.4 Å². The molecule has 0 aromatic rings. The van der Waals surface area contributed by atoms with E-state index in [-0.39, 0.29) is 11.7 Å². The van der Waals surface area contributed by atoms with E-state index in [1.165, 1.54) is 0 Å². The summed E-state index contributed by atoms with van der Waals surface area (Å²) in [4.78, 5) is 24.1. The van der Waals surface area contributed by atoms with E-state index in [9.17, 15) is 9.59 Å². The van der Waals surface area contributed by atoms with Gasteiger partial charge in [0.15, 0.2) is 5.76 Å². The first-order valence-corrected chi connectivity index (χ1v) is 5.76. The second kappa shape index (κ2) is 3.35. The SMILES string of the molecule is C=C(C#N)OC(=O)[C@@]12CC[C@@](C)(C(=O)O1)C2(C)C. The van der Waals surface area contributed by atoms with Gasteiger partial charge in [-0.15, -0.1) is 0 Å². The fourth-order valence-electron chi connectivity index (χ4n) is 2.92. The minimum absolute atomic E-state index is 0.290. The number of fused-ring (bicyclic) bond motifs is 2. The van der Waals surface area contributed by atoms with Gasteiger partial charge in [-0.3, -0.25) is 4.79 Å². The molecule has 1 heterocycles. The first kappa shape index (κ1) is 12.6. The average Bonchev–Trinajstić information content (AvgIpc) is 2.59. The van der Waals surface area contributed by atoms with Crippen molar-refractivity contribution in [3.8, 4) is 6.07 Å². The van der Waals surface area contributed by atoms with Gasteiger partial charge in [0.1, 0.15) is 6.07 Å². The maximum atomic E-state index is 12.2. The Labute approximate surface area is 105 Å². The van der Waals surface area contributed by atoms with E-state index in [4.69, 9.17) is 14.7 Å². The molecule has 1 saturated heterocycles. The van der Waals surface area contributed by atoms with Crippen LogP contribution in [-0.2, 0) is 19.1 Å². The molecule has 2 fully saturated rings. The maximum Gasteiger partial charge on any atom is 0.357 e. The number of esters is 2. The molecule has 5 heteroatoms. The van der Waals surface area contributed by atoms with E-state index in [0.29, 0.717) is 12.8 Å². The van der Waals surface area contributed by atoms with Crippen molar-refractivity contribution in [2.24, 2.45) is 10.8 Å². The molecule has 2 aliphatic rings. The Morgan fingerprint density at radius 2 is 2.06 bits per heavy atom. The molecule has 96 valence electrons. The first-order valence-electron chi connectivity index (χ1n) is 5.76. The van der Waals surface area contributed by atoms with Crippen LogP contribution in [0.4, 0.5) is 0 Å². The van der Waals surface area contributed by atoms with Crippen molar-refractivity contribution in [1.29, 1.82) is 5.26 Å². The Bertz CT molecular complexity index is 502. The third kappa shape index (κ3) is 1.15. The normalized spacial score (nSPS) is 35.8. The summed E-state index contributed by atoms with van der Waals surface area (Å²) in [5.74, 6) is -1.37. The average molecular weight is 249 g/mol. The second-order valence-electron chi connectivity index (χ2n) is 5.60. The van der Waals surface area contributed by atoms with Crippen molar-refractivity contribution in [3.05, 3.63) is 12.3 Å². The van der Waals surface area contributed by atoms with Gasteiger partial charge in [-0.1, -0.05) is 13.8 Å². The van der Waals surface area contributed by atoms with Crippen molar-refractivity contribution in [2.75, 3.05) is 0 Å². The summed E-state index contributed by atoms with van der Waals surface area (Å²) in [5, 5.41) is 8.59. The fraction of sp³-hybridized carbons (Fsp3) is 0.615. The first-order chi connectivity index (χ1) is 8.21. The number of allylic oxidation sites excluding steroid dienone is 1. The molecule has 2 rings (SSSR count). The zero-order valence-electron chi connectivity index (χ0n) is 10.7. The number of carbonyl (C=O) groups is 2. The van der Waals surface area contributed by atoms with Crippen LogP contribution in [0.5, 0.6) is 0 Å². The van der Waals surface area contributed by atoms with Crippen LogP contribution in [0.15, 0.2) is 12.3 Å². The number of ether oxygens (including phenoxy) is 2. The molecule has 18 heavy (non-hydrogen) atoms. The molecule has 0 unspecified atom stereocenters. The second-order valence-corrected chi connectivity index (χ2v) is 5.60. The van der Waals surface area contributed by atoms with E-state index in [0.717, 1.165) is 0 Å². The standard InChI is InChI=1S/C13H15NO4/c1-8(7-14)17-10(16)13-6-5-12(4,9(15)18-13)11(13,2)3/h1,5-6H2,2-4H3/t12-,13+/m0/s1. The van der Waals surface area contributed by atoms with Crippen LogP contribution in [0, 0.1) is 22.2 Å². The summed E-state index contributed by atoms with van der Waals surface area (Å²) in [6.07, 6.45) is 0.993. The van der Waals surface area contributed by atoms with Gasteiger partial charge >= 0.3 is 11.9 Å². The lowest BCUT2D eigenvalue weighted by molar-refractivity contribution is -0.179. The highest BCUT2D eigenvalue weighted by molar-refractivity contribution is 5.94. The number of hydrogen-bond acceptors (Lipinski definition) is 5. The van der Waals surface area contributed by atoms with Crippen LogP contribution in [0.1, 0.15) is 33.6 Å². The van der Waals surface area contributed by atoms with Crippen molar-refractivity contribution >= 4 is 11.9 Å². The van der Waals surface area contributed by atoms with E-state index >= 15 is 0 Å². The van der Waals surface area contributed by atoms with Gasteiger partial charge in [0.25, 0.3) is 0 Å². The van der Waals surface area contributed by atoms with Crippen LogP contribution in [0.2, 0.25) is 0 Å². The summed E-state index contributed by atoms with van der Waals surface area (Å²) >= 11 is 0. The maximum absolute atomic E-state index is 12.2. The highest BCUT2D eigenvalue weighted by Crippen LogP contribution is 2.65. The quantitative estimate of drug-likeness (QED) is 0.423. The molecule has 0 N–H and O–H groups in total. The molecule has 0 amide bonds. The summed E-state index contributed by atoms with van der Waals surface area (Å²) < 4.78 is 10.2. The van der Waals surface area contributed by atoms with Crippen molar-refractivity contribution in [1.82, 2.24) is 0 Å². The molecule has 1 aliphatic carbocycles. The van der Waals surface area contributed by atoms with Gasteiger partial charge in [0.2, 0.25) is 5.60 Å². The van der Waals surface area contributed by atoms with Crippen molar-refractivity contribution in [3.63, 3.8) is 0 Å². The molecule has 0 spiro atoms. The third-order valence-corrected chi connectivity index (χ3v) is 4.75. The predicted octanol–water partition coefficient (Wildman–Crippen LogP) is 1.69.